The number of ether oxygens (including phenoxy) is 1. The molecule has 4 atom stereocenters. The lowest BCUT2D eigenvalue weighted by Gasteiger charge is -2.35. The molecule has 1 saturated heterocycles. The summed E-state index contributed by atoms with van der Waals surface area (Å²) in [6.07, 6.45) is 3.41. The normalized spacial score (nSPS) is 22.6. The molecule has 0 spiro atoms. The summed E-state index contributed by atoms with van der Waals surface area (Å²) in [5.41, 5.74) is 4.10. The Morgan fingerprint density at radius 2 is 1.92 bits per heavy atom. The Hall–Kier alpha value is -2.69. The number of rotatable bonds is 9. The Bertz CT molecular complexity index is 1270. The lowest BCUT2D eigenvalue weighted by molar-refractivity contribution is -0.123. The number of nitrogens with zero attached hydrogens (tertiary/aromatic N) is 1. The molecule has 2 aromatic carbocycles. The molecule has 202 valence electrons. The molecule has 7 nitrogen and oxygen atoms in total. The van der Waals surface area contributed by atoms with Crippen LogP contribution in [0.3, 0.4) is 0 Å². The SMILES string of the molecule is CC/C(=C\c1cc(I)c(O)c(OC)c1)CC[C@@H](O)C1=C(C)C[C@H]2C(=O)N(c3ccccc3)C(=O)[C@H]2[C@H]1CO. The molecule has 1 heterocycles. The zero-order valence-corrected chi connectivity index (χ0v) is 24.0. The summed E-state index contributed by atoms with van der Waals surface area (Å²) in [4.78, 5) is 28.0. The maximum atomic E-state index is 13.5. The Morgan fingerprint density at radius 3 is 2.55 bits per heavy atom. The van der Waals surface area contributed by atoms with E-state index < -0.39 is 23.9 Å². The van der Waals surface area contributed by atoms with Gasteiger partial charge < -0.3 is 20.1 Å². The highest BCUT2D eigenvalue weighted by Gasteiger charge is 2.54. The van der Waals surface area contributed by atoms with E-state index in [1.54, 1.807) is 30.3 Å². The van der Waals surface area contributed by atoms with Crippen molar-refractivity contribution in [3.05, 3.63) is 68.3 Å². The number of amides is 2. The third kappa shape index (κ3) is 5.39. The second kappa shape index (κ2) is 12.0. The van der Waals surface area contributed by atoms with Gasteiger partial charge in [-0.05, 0) is 90.6 Å². The molecule has 8 heteroatoms. The molecule has 0 bridgehead atoms. The van der Waals surface area contributed by atoms with E-state index in [4.69, 9.17) is 4.74 Å². The summed E-state index contributed by atoms with van der Waals surface area (Å²) in [5.74, 6) is -1.87. The van der Waals surface area contributed by atoms with Crippen LogP contribution >= 0.6 is 22.6 Å². The summed E-state index contributed by atoms with van der Waals surface area (Å²) in [5, 5.41) is 31.8. The van der Waals surface area contributed by atoms with E-state index in [1.165, 1.54) is 12.0 Å². The molecule has 2 aromatic rings. The lowest BCUT2D eigenvalue weighted by atomic mass is 9.68. The van der Waals surface area contributed by atoms with Crippen LogP contribution in [0, 0.1) is 21.3 Å². The molecule has 2 aliphatic rings. The van der Waals surface area contributed by atoms with Crippen molar-refractivity contribution in [2.24, 2.45) is 17.8 Å². The molecular weight excluding hydrogens is 597 g/mol. The van der Waals surface area contributed by atoms with E-state index in [2.05, 4.69) is 22.6 Å². The third-order valence-corrected chi connectivity index (χ3v) is 8.56. The van der Waals surface area contributed by atoms with E-state index >= 15 is 0 Å². The first-order chi connectivity index (χ1) is 18.2. The highest BCUT2D eigenvalue weighted by Crippen LogP contribution is 2.47. The number of hydrogen-bond donors (Lipinski definition) is 3. The molecule has 4 rings (SSSR count). The van der Waals surface area contributed by atoms with E-state index in [1.807, 2.05) is 32.1 Å². The van der Waals surface area contributed by atoms with Crippen LogP contribution in [0.1, 0.15) is 45.1 Å². The van der Waals surface area contributed by atoms with Gasteiger partial charge >= 0.3 is 0 Å². The maximum absolute atomic E-state index is 13.5. The van der Waals surface area contributed by atoms with Gasteiger partial charge in [0.1, 0.15) is 0 Å². The predicted molar refractivity (Wildman–Crippen MR) is 155 cm³/mol. The van der Waals surface area contributed by atoms with Crippen molar-refractivity contribution in [1.82, 2.24) is 0 Å². The fraction of sp³-hybridized carbons (Fsp3) is 0.400. The van der Waals surface area contributed by atoms with Crippen molar-refractivity contribution in [3.63, 3.8) is 0 Å². The number of benzene rings is 2. The number of phenols is 1. The average molecular weight is 632 g/mol. The summed E-state index contributed by atoms with van der Waals surface area (Å²) >= 11 is 2.06. The number of halogens is 1. The van der Waals surface area contributed by atoms with Crippen LogP contribution in [0.4, 0.5) is 5.69 Å². The minimum Gasteiger partial charge on any atom is -0.504 e. The average Bonchev–Trinajstić information content (AvgIpc) is 3.16. The summed E-state index contributed by atoms with van der Waals surface area (Å²) in [6.45, 7) is 3.63. The van der Waals surface area contributed by atoms with Crippen LogP contribution in [0.15, 0.2) is 59.2 Å². The van der Waals surface area contributed by atoms with Gasteiger partial charge in [0.05, 0.1) is 40.9 Å². The largest absolute Gasteiger partial charge is 0.504 e. The summed E-state index contributed by atoms with van der Waals surface area (Å²) in [6, 6.07) is 12.5. The van der Waals surface area contributed by atoms with Crippen LogP contribution in [0.2, 0.25) is 0 Å². The van der Waals surface area contributed by atoms with Crippen LogP contribution in [-0.4, -0.2) is 47.0 Å². The molecule has 2 amide bonds. The topological polar surface area (TPSA) is 107 Å². The highest BCUT2D eigenvalue weighted by molar-refractivity contribution is 14.1. The van der Waals surface area contributed by atoms with Gasteiger partial charge in [-0.15, -0.1) is 0 Å². The van der Waals surface area contributed by atoms with Gasteiger partial charge in [0, 0.05) is 5.92 Å². The first kappa shape index (κ1) is 28.3. The van der Waals surface area contributed by atoms with E-state index in [0.29, 0.717) is 39.8 Å². The standard InChI is InChI=1S/C30H34INO6/c1-4-18(13-19-14-23(31)28(35)25(15-19)38-3)10-11-24(34)26-17(2)12-21-27(22(26)16-33)30(37)32(29(21)36)20-8-6-5-7-9-20/h5-9,13-15,21-22,24,27,33-35H,4,10-12,16H2,1-3H3/b18-13+/t21-,22+,24-,27-/m1/s1. The Morgan fingerprint density at radius 1 is 1.21 bits per heavy atom. The first-order valence-corrected chi connectivity index (χ1v) is 14.0. The molecule has 38 heavy (non-hydrogen) atoms. The molecule has 0 unspecified atom stereocenters. The number of anilines is 1. The Labute approximate surface area is 237 Å². The number of allylic oxidation sites excluding steroid dienone is 2. The van der Waals surface area contributed by atoms with Crippen molar-refractivity contribution >= 4 is 46.2 Å². The lowest BCUT2D eigenvalue weighted by Crippen LogP contribution is -2.38. The van der Waals surface area contributed by atoms with Crippen molar-refractivity contribution < 1.29 is 29.6 Å². The maximum Gasteiger partial charge on any atom is 0.238 e. The van der Waals surface area contributed by atoms with Gasteiger partial charge in [-0.25, -0.2) is 0 Å². The molecule has 1 fully saturated rings. The summed E-state index contributed by atoms with van der Waals surface area (Å²) < 4.78 is 5.96. The van der Waals surface area contributed by atoms with Gasteiger partial charge in [0.2, 0.25) is 11.8 Å². The fourth-order valence-electron chi connectivity index (χ4n) is 5.85. The minimum atomic E-state index is -0.841. The van der Waals surface area contributed by atoms with E-state index in [-0.39, 0.29) is 24.2 Å². The Kier molecular flexibility index (Phi) is 8.95. The molecule has 0 saturated carbocycles. The van der Waals surface area contributed by atoms with Gasteiger partial charge in [-0.2, -0.15) is 0 Å². The second-order valence-corrected chi connectivity index (χ2v) is 11.1. The zero-order chi connectivity index (χ0) is 27.6. The number of fused-ring (bicyclic) bond motifs is 1. The fourth-order valence-corrected chi connectivity index (χ4v) is 6.47. The van der Waals surface area contributed by atoms with Gasteiger partial charge in [-0.1, -0.05) is 42.3 Å². The highest BCUT2D eigenvalue weighted by atomic mass is 127. The van der Waals surface area contributed by atoms with Crippen molar-refractivity contribution in [3.8, 4) is 11.5 Å². The number of aliphatic hydroxyl groups excluding tert-OH is 2. The van der Waals surface area contributed by atoms with Crippen LogP contribution < -0.4 is 9.64 Å². The van der Waals surface area contributed by atoms with Gasteiger partial charge in [-0.3, -0.25) is 14.5 Å². The zero-order valence-electron chi connectivity index (χ0n) is 21.9. The summed E-state index contributed by atoms with van der Waals surface area (Å²) in [7, 11) is 1.51. The van der Waals surface area contributed by atoms with Crippen molar-refractivity contribution in [2.75, 3.05) is 18.6 Å². The first-order valence-electron chi connectivity index (χ1n) is 12.9. The van der Waals surface area contributed by atoms with E-state index in [0.717, 1.165) is 23.1 Å². The third-order valence-electron chi connectivity index (χ3n) is 7.73. The number of carbonyl (C=O) groups is 2. The predicted octanol–water partition coefficient (Wildman–Crippen LogP) is 5.07. The molecule has 0 aromatic heterocycles. The smallest absolute Gasteiger partial charge is 0.238 e. The number of aromatic hydroxyl groups is 1. The molecular formula is C30H34INO6. The second-order valence-electron chi connectivity index (χ2n) is 9.97. The molecule has 1 aliphatic carbocycles. The molecule has 1 aliphatic heterocycles. The molecule has 3 N–H and O–H groups in total. The number of methoxy groups -OCH3 is 1. The number of imide groups is 1. The Balaban J connectivity index is 1.54. The number of para-hydroxylation sites is 1. The number of carbonyl (C=O) groups excluding carboxylic acids is 2. The van der Waals surface area contributed by atoms with Crippen molar-refractivity contribution in [1.29, 1.82) is 0 Å². The van der Waals surface area contributed by atoms with Gasteiger partial charge in [0.25, 0.3) is 0 Å². The molecule has 0 radical (unpaired) electrons. The number of phenolic OH excluding ortho intramolecular Hbond substituents is 1. The number of aliphatic hydroxyl groups is 2. The number of hydrogen-bond acceptors (Lipinski definition) is 6. The minimum absolute atomic E-state index is 0.109. The monoisotopic (exact) mass is 631 g/mol. The van der Waals surface area contributed by atoms with Crippen LogP contribution in [-0.2, 0) is 9.59 Å². The van der Waals surface area contributed by atoms with Crippen LogP contribution in [0.5, 0.6) is 11.5 Å². The van der Waals surface area contributed by atoms with Gasteiger partial charge in [0.15, 0.2) is 11.5 Å². The van der Waals surface area contributed by atoms with E-state index in [9.17, 15) is 24.9 Å². The quantitative estimate of drug-likeness (QED) is 0.203. The van der Waals surface area contributed by atoms with Crippen LogP contribution in [0.25, 0.3) is 6.08 Å². The van der Waals surface area contributed by atoms with Crippen molar-refractivity contribution in [2.45, 2.75) is 45.6 Å².